The first kappa shape index (κ1) is 19.3. The molecular weight excluding hydrogens is 320 g/mol. The first-order chi connectivity index (χ1) is 11.2. The first-order valence-electron chi connectivity index (χ1n) is 9.25. The number of piperidine rings is 1. The highest BCUT2D eigenvalue weighted by Crippen LogP contribution is 2.39. The SMILES string of the molecule is Cc1cccc(C2(CNC(=O)C3CCNCC3)CCCCC2)c1.Cl. The molecule has 0 atom stereocenters. The summed E-state index contributed by atoms with van der Waals surface area (Å²) in [5.74, 6) is 0.471. The number of carbonyl (C=O) groups is 1. The number of rotatable bonds is 4. The lowest BCUT2D eigenvalue weighted by molar-refractivity contribution is -0.126. The van der Waals surface area contributed by atoms with Gasteiger partial charge in [-0.1, -0.05) is 49.1 Å². The Morgan fingerprint density at radius 2 is 1.92 bits per heavy atom. The minimum absolute atomic E-state index is 0. The lowest BCUT2D eigenvalue weighted by Gasteiger charge is -2.39. The third kappa shape index (κ3) is 4.52. The van der Waals surface area contributed by atoms with Gasteiger partial charge in [0.05, 0.1) is 0 Å². The fourth-order valence-corrected chi connectivity index (χ4v) is 4.26. The van der Waals surface area contributed by atoms with Crippen molar-refractivity contribution in [1.82, 2.24) is 10.6 Å². The van der Waals surface area contributed by atoms with Gasteiger partial charge in [0.15, 0.2) is 0 Å². The topological polar surface area (TPSA) is 41.1 Å². The monoisotopic (exact) mass is 350 g/mol. The number of halogens is 1. The highest BCUT2D eigenvalue weighted by atomic mass is 35.5. The predicted octanol–water partition coefficient (Wildman–Crippen LogP) is 3.73. The Hall–Kier alpha value is -1.06. The molecule has 134 valence electrons. The fourth-order valence-electron chi connectivity index (χ4n) is 4.26. The largest absolute Gasteiger partial charge is 0.355 e. The Morgan fingerprint density at radius 1 is 1.21 bits per heavy atom. The standard InChI is InChI=1S/C20H30N2O.ClH/c1-16-6-5-7-18(14-16)20(10-3-2-4-11-20)15-22-19(23)17-8-12-21-13-9-17;/h5-7,14,17,21H,2-4,8-13,15H2,1H3,(H,22,23);1H. The van der Waals surface area contributed by atoms with Crippen LogP contribution in [-0.2, 0) is 10.2 Å². The summed E-state index contributed by atoms with van der Waals surface area (Å²) >= 11 is 0. The molecule has 1 saturated heterocycles. The zero-order valence-electron chi connectivity index (χ0n) is 14.8. The van der Waals surface area contributed by atoms with Crippen LogP contribution in [0, 0.1) is 12.8 Å². The highest BCUT2D eigenvalue weighted by Gasteiger charge is 2.35. The van der Waals surface area contributed by atoms with Gasteiger partial charge in [0, 0.05) is 17.9 Å². The normalized spacial score (nSPS) is 20.9. The van der Waals surface area contributed by atoms with Crippen molar-refractivity contribution in [3.8, 4) is 0 Å². The quantitative estimate of drug-likeness (QED) is 0.868. The molecule has 2 aliphatic rings. The molecule has 0 unspecified atom stereocenters. The Labute approximate surface area is 152 Å². The number of carbonyl (C=O) groups excluding carboxylic acids is 1. The van der Waals surface area contributed by atoms with Crippen LogP contribution in [-0.4, -0.2) is 25.5 Å². The summed E-state index contributed by atoms with van der Waals surface area (Å²) in [6, 6.07) is 8.90. The van der Waals surface area contributed by atoms with Crippen LogP contribution >= 0.6 is 12.4 Å². The molecule has 1 heterocycles. The van der Waals surface area contributed by atoms with Gasteiger partial charge in [-0.15, -0.1) is 12.4 Å². The zero-order valence-corrected chi connectivity index (χ0v) is 15.6. The molecule has 1 aliphatic carbocycles. The average Bonchev–Trinajstić information content (AvgIpc) is 2.61. The molecule has 4 heteroatoms. The average molecular weight is 351 g/mol. The lowest BCUT2D eigenvalue weighted by atomic mass is 9.69. The summed E-state index contributed by atoms with van der Waals surface area (Å²) in [5, 5.41) is 6.65. The maximum atomic E-state index is 12.5. The molecule has 1 saturated carbocycles. The van der Waals surface area contributed by atoms with Crippen molar-refractivity contribution >= 4 is 18.3 Å². The Morgan fingerprint density at radius 3 is 2.58 bits per heavy atom. The number of aryl methyl sites for hydroxylation is 1. The second-order valence-electron chi connectivity index (χ2n) is 7.45. The van der Waals surface area contributed by atoms with E-state index < -0.39 is 0 Å². The van der Waals surface area contributed by atoms with Crippen molar-refractivity contribution in [2.24, 2.45) is 5.92 Å². The Bertz CT molecular complexity index is 534. The van der Waals surface area contributed by atoms with Crippen LogP contribution < -0.4 is 10.6 Å². The van der Waals surface area contributed by atoms with Gasteiger partial charge in [-0.25, -0.2) is 0 Å². The first-order valence-corrected chi connectivity index (χ1v) is 9.25. The maximum Gasteiger partial charge on any atom is 0.223 e. The van der Waals surface area contributed by atoms with Gasteiger partial charge in [0.1, 0.15) is 0 Å². The smallest absolute Gasteiger partial charge is 0.223 e. The predicted molar refractivity (Wildman–Crippen MR) is 102 cm³/mol. The van der Waals surface area contributed by atoms with E-state index in [1.165, 1.54) is 43.2 Å². The molecule has 2 N–H and O–H groups in total. The van der Waals surface area contributed by atoms with Crippen LogP contribution in [0.4, 0.5) is 0 Å². The molecule has 1 amide bonds. The van der Waals surface area contributed by atoms with E-state index in [1.54, 1.807) is 0 Å². The van der Waals surface area contributed by atoms with Crippen molar-refractivity contribution < 1.29 is 4.79 Å². The summed E-state index contributed by atoms with van der Waals surface area (Å²) in [7, 11) is 0. The third-order valence-electron chi connectivity index (χ3n) is 5.75. The summed E-state index contributed by atoms with van der Waals surface area (Å²) in [6.07, 6.45) is 8.22. The minimum atomic E-state index is 0. The molecule has 0 bridgehead atoms. The fraction of sp³-hybridized carbons (Fsp3) is 0.650. The molecule has 1 aromatic carbocycles. The van der Waals surface area contributed by atoms with Crippen LogP contribution in [0.25, 0.3) is 0 Å². The zero-order chi connectivity index (χ0) is 16.1. The number of nitrogens with one attached hydrogen (secondary N) is 2. The molecule has 2 fully saturated rings. The summed E-state index contributed by atoms with van der Waals surface area (Å²) < 4.78 is 0. The van der Waals surface area contributed by atoms with Crippen LogP contribution in [0.5, 0.6) is 0 Å². The van der Waals surface area contributed by atoms with E-state index in [0.29, 0.717) is 0 Å². The van der Waals surface area contributed by atoms with E-state index in [0.717, 1.165) is 32.5 Å². The van der Waals surface area contributed by atoms with Gasteiger partial charge in [-0.05, 0) is 51.3 Å². The van der Waals surface area contributed by atoms with E-state index in [9.17, 15) is 4.79 Å². The molecular formula is C20H31ClN2O. The number of hydrogen-bond acceptors (Lipinski definition) is 2. The van der Waals surface area contributed by atoms with Gasteiger partial charge < -0.3 is 10.6 Å². The molecule has 3 rings (SSSR count). The minimum Gasteiger partial charge on any atom is -0.355 e. The van der Waals surface area contributed by atoms with Crippen molar-refractivity contribution in [2.75, 3.05) is 19.6 Å². The second-order valence-corrected chi connectivity index (χ2v) is 7.45. The van der Waals surface area contributed by atoms with Crippen LogP contribution in [0.1, 0.15) is 56.1 Å². The van der Waals surface area contributed by atoms with Crippen LogP contribution in [0.15, 0.2) is 24.3 Å². The number of hydrogen-bond donors (Lipinski definition) is 2. The van der Waals surface area contributed by atoms with Gasteiger partial charge in [0.25, 0.3) is 0 Å². The summed E-state index contributed by atoms with van der Waals surface area (Å²) in [6.45, 7) is 4.91. The molecule has 1 aromatic rings. The van der Waals surface area contributed by atoms with Gasteiger partial charge in [0.2, 0.25) is 5.91 Å². The van der Waals surface area contributed by atoms with Crippen molar-refractivity contribution in [3.63, 3.8) is 0 Å². The van der Waals surface area contributed by atoms with E-state index >= 15 is 0 Å². The van der Waals surface area contributed by atoms with E-state index in [-0.39, 0.29) is 29.6 Å². The molecule has 24 heavy (non-hydrogen) atoms. The van der Waals surface area contributed by atoms with Gasteiger partial charge in [-0.3, -0.25) is 4.79 Å². The van der Waals surface area contributed by atoms with Crippen LogP contribution in [0.3, 0.4) is 0 Å². The van der Waals surface area contributed by atoms with Crippen molar-refractivity contribution in [2.45, 2.75) is 57.3 Å². The van der Waals surface area contributed by atoms with Crippen LogP contribution in [0.2, 0.25) is 0 Å². The molecule has 3 nitrogen and oxygen atoms in total. The second kappa shape index (κ2) is 8.87. The number of amides is 1. The van der Waals surface area contributed by atoms with E-state index in [1.807, 2.05) is 0 Å². The van der Waals surface area contributed by atoms with Gasteiger partial charge in [-0.2, -0.15) is 0 Å². The highest BCUT2D eigenvalue weighted by molar-refractivity contribution is 5.85. The molecule has 1 aliphatic heterocycles. The molecule has 0 spiro atoms. The number of benzene rings is 1. The van der Waals surface area contributed by atoms with Crippen molar-refractivity contribution in [3.05, 3.63) is 35.4 Å². The lowest BCUT2D eigenvalue weighted by Crippen LogP contribution is -2.45. The van der Waals surface area contributed by atoms with E-state index in [4.69, 9.17) is 0 Å². The summed E-state index contributed by atoms with van der Waals surface area (Å²) in [5.41, 5.74) is 2.88. The molecule has 0 aromatic heterocycles. The third-order valence-corrected chi connectivity index (χ3v) is 5.75. The Kier molecular flexibility index (Phi) is 7.12. The molecule has 0 radical (unpaired) electrons. The summed E-state index contributed by atoms with van der Waals surface area (Å²) in [4.78, 5) is 12.5. The van der Waals surface area contributed by atoms with Crippen molar-refractivity contribution in [1.29, 1.82) is 0 Å². The maximum absolute atomic E-state index is 12.5. The van der Waals surface area contributed by atoms with E-state index in [2.05, 4.69) is 41.8 Å². The Balaban J connectivity index is 0.00000208. The van der Waals surface area contributed by atoms with Gasteiger partial charge >= 0.3 is 0 Å².